The van der Waals surface area contributed by atoms with Gasteiger partial charge in [-0.2, -0.15) is 0 Å². The molecule has 1 saturated heterocycles. The Morgan fingerprint density at radius 2 is 1.85 bits per heavy atom. The maximum Gasteiger partial charge on any atom is 0.256 e. The van der Waals surface area contributed by atoms with Crippen LogP contribution in [0.25, 0.3) is 0 Å². The summed E-state index contributed by atoms with van der Waals surface area (Å²) in [4.78, 5) is 26.3. The third kappa shape index (κ3) is 3.97. The molecule has 1 N–H and O–H groups in total. The first kappa shape index (κ1) is 18.0. The summed E-state index contributed by atoms with van der Waals surface area (Å²) in [7, 11) is 0. The summed E-state index contributed by atoms with van der Waals surface area (Å²) < 4.78 is 26.8. The lowest BCUT2D eigenvalue weighted by Crippen LogP contribution is -2.41. The second kappa shape index (κ2) is 7.30. The second-order valence-corrected chi connectivity index (χ2v) is 7.91. The number of likely N-dealkylation sites (tertiary alicyclic amines) is 1. The number of hydrogen-bond donors (Lipinski definition) is 1. The molecule has 9 heteroatoms. The Labute approximate surface area is 158 Å². The van der Waals surface area contributed by atoms with E-state index in [2.05, 4.69) is 15.5 Å². The molecule has 0 atom stereocenters. The van der Waals surface area contributed by atoms with Gasteiger partial charge in [0.2, 0.25) is 11.0 Å². The summed E-state index contributed by atoms with van der Waals surface area (Å²) >= 11 is 1.41. The van der Waals surface area contributed by atoms with Crippen LogP contribution in [0.1, 0.15) is 47.0 Å². The second-order valence-electron chi connectivity index (χ2n) is 6.90. The molecule has 2 heterocycles. The first-order chi connectivity index (χ1) is 13.0. The number of hydrogen-bond acceptors (Lipinski definition) is 5. The van der Waals surface area contributed by atoms with E-state index < -0.39 is 17.5 Å². The van der Waals surface area contributed by atoms with Crippen LogP contribution in [-0.2, 0) is 4.79 Å². The highest BCUT2D eigenvalue weighted by Gasteiger charge is 2.31. The number of carbonyl (C=O) groups is 2. The summed E-state index contributed by atoms with van der Waals surface area (Å²) in [6.07, 6.45) is 3.22. The van der Waals surface area contributed by atoms with Crippen LogP contribution >= 0.6 is 11.3 Å². The van der Waals surface area contributed by atoms with Crippen LogP contribution in [0.15, 0.2) is 18.2 Å². The number of benzene rings is 1. The van der Waals surface area contributed by atoms with Crippen molar-refractivity contribution in [2.75, 3.05) is 18.4 Å². The molecule has 0 unspecified atom stereocenters. The fraction of sp³-hybridized carbons (Fsp3) is 0.444. The van der Waals surface area contributed by atoms with Gasteiger partial charge in [-0.15, -0.1) is 10.2 Å². The molecule has 4 rings (SSSR count). The van der Waals surface area contributed by atoms with Crippen molar-refractivity contribution in [1.29, 1.82) is 0 Å². The quantitative estimate of drug-likeness (QED) is 0.867. The van der Waals surface area contributed by atoms with E-state index in [4.69, 9.17) is 0 Å². The van der Waals surface area contributed by atoms with E-state index in [1.54, 1.807) is 0 Å². The van der Waals surface area contributed by atoms with Crippen molar-refractivity contribution >= 4 is 28.3 Å². The standard InChI is InChI=1S/C18H18F2N4O2S/c19-12-3-4-13(14(20)9-12)17(26)24-7-5-10(6-8-24)15(25)21-18-23-22-16(27-18)11-1-2-11/h3-4,9-11H,1-2,5-8H2,(H,21,23,25). The van der Waals surface area contributed by atoms with Crippen LogP contribution in [-0.4, -0.2) is 40.0 Å². The largest absolute Gasteiger partial charge is 0.339 e. The van der Waals surface area contributed by atoms with Crippen LogP contribution in [0, 0.1) is 17.6 Å². The number of rotatable bonds is 4. The number of piperidine rings is 1. The Bertz CT molecular complexity index is 876. The van der Waals surface area contributed by atoms with Gasteiger partial charge in [-0.3, -0.25) is 9.59 Å². The highest BCUT2D eigenvalue weighted by atomic mass is 32.1. The Hall–Kier alpha value is -2.42. The zero-order valence-electron chi connectivity index (χ0n) is 14.5. The average Bonchev–Trinajstić information content (AvgIpc) is 3.41. The lowest BCUT2D eigenvalue weighted by atomic mass is 9.95. The fourth-order valence-electron chi connectivity index (χ4n) is 3.17. The minimum absolute atomic E-state index is 0.131. The van der Waals surface area contributed by atoms with Crippen molar-refractivity contribution in [1.82, 2.24) is 15.1 Å². The Balaban J connectivity index is 1.32. The van der Waals surface area contributed by atoms with Crippen LogP contribution in [0.5, 0.6) is 0 Å². The Kier molecular flexibility index (Phi) is 4.86. The van der Waals surface area contributed by atoms with Crippen LogP contribution < -0.4 is 5.32 Å². The highest BCUT2D eigenvalue weighted by Crippen LogP contribution is 2.42. The Morgan fingerprint density at radius 1 is 1.11 bits per heavy atom. The van der Waals surface area contributed by atoms with Gasteiger partial charge in [-0.05, 0) is 37.8 Å². The minimum atomic E-state index is -0.873. The normalized spacial score (nSPS) is 17.8. The Morgan fingerprint density at radius 3 is 2.52 bits per heavy atom. The van der Waals surface area contributed by atoms with E-state index in [9.17, 15) is 18.4 Å². The molecule has 0 bridgehead atoms. The summed E-state index contributed by atoms with van der Waals surface area (Å²) in [5.74, 6) is -1.95. The average molecular weight is 392 g/mol. The van der Waals surface area contributed by atoms with Gasteiger partial charge >= 0.3 is 0 Å². The molecule has 1 aliphatic carbocycles. The first-order valence-corrected chi connectivity index (χ1v) is 9.71. The van der Waals surface area contributed by atoms with Gasteiger partial charge in [0.25, 0.3) is 5.91 Å². The summed E-state index contributed by atoms with van der Waals surface area (Å²) in [6.45, 7) is 0.689. The molecule has 1 aromatic heterocycles. The summed E-state index contributed by atoms with van der Waals surface area (Å²) in [6, 6.07) is 2.92. The van der Waals surface area contributed by atoms with E-state index in [0.29, 0.717) is 43.0 Å². The van der Waals surface area contributed by atoms with E-state index in [-0.39, 0.29) is 17.4 Å². The molecule has 2 aromatic rings. The predicted octanol–water partition coefficient (Wildman–Crippen LogP) is 3.18. The summed E-state index contributed by atoms with van der Waals surface area (Å²) in [5.41, 5.74) is -0.152. The monoisotopic (exact) mass is 392 g/mol. The number of nitrogens with one attached hydrogen (secondary N) is 1. The molecule has 2 fully saturated rings. The number of anilines is 1. The lowest BCUT2D eigenvalue weighted by molar-refractivity contribution is -0.121. The predicted molar refractivity (Wildman–Crippen MR) is 95.5 cm³/mol. The minimum Gasteiger partial charge on any atom is -0.339 e. The molecule has 27 heavy (non-hydrogen) atoms. The zero-order valence-corrected chi connectivity index (χ0v) is 15.3. The van der Waals surface area contributed by atoms with Crippen LogP contribution in [0.4, 0.5) is 13.9 Å². The van der Waals surface area contributed by atoms with E-state index in [1.807, 2.05) is 0 Å². The van der Waals surface area contributed by atoms with Crippen molar-refractivity contribution in [2.24, 2.45) is 5.92 Å². The molecule has 142 valence electrons. The molecule has 0 radical (unpaired) electrons. The van der Waals surface area contributed by atoms with Crippen molar-refractivity contribution in [3.8, 4) is 0 Å². The van der Waals surface area contributed by atoms with Gasteiger partial charge in [0, 0.05) is 31.0 Å². The van der Waals surface area contributed by atoms with Gasteiger partial charge in [0.05, 0.1) is 5.56 Å². The molecule has 2 aliphatic rings. The van der Waals surface area contributed by atoms with Crippen molar-refractivity contribution in [3.05, 3.63) is 40.4 Å². The van der Waals surface area contributed by atoms with Gasteiger partial charge in [-0.25, -0.2) is 8.78 Å². The van der Waals surface area contributed by atoms with Crippen LogP contribution in [0.2, 0.25) is 0 Å². The third-order valence-electron chi connectivity index (χ3n) is 4.91. The van der Waals surface area contributed by atoms with Crippen LogP contribution in [0.3, 0.4) is 0 Å². The number of amides is 2. The molecule has 1 aliphatic heterocycles. The molecule has 1 aromatic carbocycles. The topological polar surface area (TPSA) is 75.2 Å². The summed E-state index contributed by atoms with van der Waals surface area (Å²) in [5, 5.41) is 12.4. The molecule has 1 saturated carbocycles. The van der Waals surface area contributed by atoms with Gasteiger partial charge < -0.3 is 10.2 Å². The van der Waals surface area contributed by atoms with Gasteiger partial charge in [0.1, 0.15) is 16.6 Å². The molecule has 6 nitrogen and oxygen atoms in total. The maximum absolute atomic E-state index is 13.8. The zero-order chi connectivity index (χ0) is 19.0. The number of carbonyl (C=O) groups excluding carboxylic acids is 2. The number of nitrogens with zero attached hydrogens (tertiary/aromatic N) is 3. The van der Waals surface area contributed by atoms with Crippen molar-refractivity contribution in [2.45, 2.75) is 31.6 Å². The smallest absolute Gasteiger partial charge is 0.256 e. The number of halogens is 2. The van der Waals surface area contributed by atoms with E-state index in [0.717, 1.165) is 30.0 Å². The van der Waals surface area contributed by atoms with E-state index >= 15 is 0 Å². The fourth-order valence-corrected chi connectivity index (χ4v) is 4.08. The number of aromatic nitrogens is 2. The first-order valence-electron chi connectivity index (χ1n) is 8.90. The molecular weight excluding hydrogens is 374 g/mol. The lowest BCUT2D eigenvalue weighted by Gasteiger charge is -2.31. The molecule has 2 amide bonds. The third-order valence-corrected chi connectivity index (χ3v) is 5.91. The van der Waals surface area contributed by atoms with E-state index in [1.165, 1.54) is 16.2 Å². The molecular formula is C18H18F2N4O2S. The SMILES string of the molecule is O=C(Nc1nnc(C2CC2)s1)C1CCN(C(=O)c2ccc(F)cc2F)CC1. The molecule has 0 spiro atoms. The van der Waals surface area contributed by atoms with Crippen molar-refractivity contribution in [3.63, 3.8) is 0 Å². The van der Waals surface area contributed by atoms with Crippen molar-refractivity contribution < 1.29 is 18.4 Å². The highest BCUT2D eigenvalue weighted by molar-refractivity contribution is 7.15. The van der Waals surface area contributed by atoms with Gasteiger partial charge in [-0.1, -0.05) is 11.3 Å². The van der Waals surface area contributed by atoms with Gasteiger partial charge in [0.15, 0.2) is 0 Å². The maximum atomic E-state index is 13.8.